The Kier molecular flexibility index (Phi) is 3.16. The van der Waals surface area contributed by atoms with Crippen LogP contribution in [0, 0.1) is 0 Å². The summed E-state index contributed by atoms with van der Waals surface area (Å²) < 4.78 is 0. The molecule has 0 aliphatic carbocycles. The predicted octanol–water partition coefficient (Wildman–Crippen LogP) is 0.690. The van der Waals surface area contributed by atoms with E-state index in [1.54, 1.807) is 0 Å². The van der Waals surface area contributed by atoms with Crippen molar-refractivity contribution >= 4 is 0 Å². The van der Waals surface area contributed by atoms with Gasteiger partial charge < -0.3 is 10.2 Å². The Bertz CT molecular complexity index is 84.5. The van der Waals surface area contributed by atoms with Gasteiger partial charge in [0.1, 0.15) is 0 Å². The highest BCUT2D eigenvalue weighted by Crippen LogP contribution is 2.07. The lowest BCUT2D eigenvalue weighted by Crippen LogP contribution is -2.56. The molecular weight excluding hydrogens is 124 g/mol. The van der Waals surface area contributed by atoms with E-state index in [-0.39, 0.29) is 0 Å². The van der Waals surface area contributed by atoms with Gasteiger partial charge in [-0.25, -0.2) is 0 Å². The molecule has 0 aromatic heterocycles. The number of hydrogen-bond acceptors (Lipinski definition) is 2. The molecule has 0 spiro atoms. The highest BCUT2D eigenvalue weighted by Gasteiger charge is 2.23. The van der Waals surface area contributed by atoms with Gasteiger partial charge in [-0.05, 0) is 20.0 Å². The maximum Gasteiger partial charge on any atom is 0.0320 e. The average Bonchev–Trinajstić information content (AvgIpc) is 1.86. The summed E-state index contributed by atoms with van der Waals surface area (Å²) in [6.07, 6.45) is 2.68. The first-order valence-electron chi connectivity index (χ1n) is 4.26. The molecular formula is C8H18N2. The standard InChI is InChI=1S/C8H18N2/c1-3-4-5-10-6-8(7-10)9-2/h8-9H,3-7H2,1-2H3. The van der Waals surface area contributed by atoms with Gasteiger partial charge in [-0.2, -0.15) is 0 Å². The topological polar surface area (TPSA) is 15.3 Å². The summed E-state index contributed by atoms with van der Waals surface area (Å²) in [6.45, 7) is 6.07. The highest BCUT2D eigenvalue weighted by molar-refractivity contribution is 4.83. The normalized spacial score (nSPS) is 21.0. The van der Waals surface area contributed by atoms with Crippen molar-refractivity contribution in [3.05, 3.63) is 0 Å². The molecule has 0 bridgehead atoms. The molecule has 1 heterocycles. The fourth-order valence-electron chi connectivity index (χ4n) is 1.32. The van der Waals surface area contributed by atoms with Crippen LogP contribution in [-0.4, -0.2) is 37.6 Å². The first-order chi connectivity index (χ1) is 4.86. The Morgan fingerprint density at radius 3 is 2.70 bits per heavy atom. The number of unbranched alkanes of at least 4 members (excludes halogenated alkanes) is 1. The van der Waals surface area contributed by atoms with Gasteiger partial charge in [0.25, 0.3) is 0 Å². The van der Waals surface area contributed by atoms with Crippen molar-refractivity contribution in [3.8, 4) is 0 Å². The van der Waals surface area contributed by atoms with Gasteiger partial charge in [-0.1, -0.05) is 13.3 Å². The number of likely N-dealkylation sites (tertiary alicyclic amines) is 1. The summed E-state index contributed by atoms with van der Waals surface area (Å²) in [5, 5.41) is 3.27. The van der Waals surface area contributed by atoms with Crippen molar-refractivity contribution in [3.63, 3.8) is 0 Å². The zero-order valence-electron chi connectivity index (χ0n) is 7.06. The second-order valence-electron chi connectivity index (χ2n) is 3.10. The summed E-state index contributed by atoms with van der Waals surface area (Å²) in [4.78, 5) is 2.50. The minimum atomic E-state index is 0.775. The van der Waals surface area contributed by atoms with Crippen molar-refractivity contribution in [2.24, 2.45) is 0 Å². The van der Waals surface area contributed by atoms with Crippen LogP contribution in [0.5, 0.6) is 0 Å². The van der Waals surface area contributed by atoms with Crippen molar-refractivity contribution in [1.82, 2.24) is 10.2 Å². The average molecular weight is 142 g/mol. The van der Waals surface area contributed by atoms with E-state index in [9.17, 15) is 0 Å². The van der Waals surface area contributed by atoms with Crippen LogP contribution in [0.2, 0.25) is 0 Å². The SMILES string of the molecule is CCCCN1CC(NC)C1. The molecule has 0 unspecified atom stereocenters. The number of hydrogen-bond donors (Lipinski definition) is 1. The van der Waals surface area contributed by atoms with Gasteiger partial charge in [0.15, 0.2) is 0 Å². The van der Waals surface area contributed by atoms with Gasteiger partial charge >= 0.3 is 0 Å². The maximum atomic E-state index is 3.27. The van der Waals surface area contributed by atoms with Crippen LogP contribution in [0.15, 0.2) is 0 Å². The molecule has 2 nitrogen and oxygen atoms in total. The van der Waals surface area contributed by atoms with Gasteiger partial charge in [0.2, 0.25) is 0 Å². The van der Waals surface area contributed by atoms with Crippen LogP contribution in [0.4, 0.5) is 0 Å². The molecule has 2 heteroatoms. The maximum absolute atomic E-state index is 3.27. The molecule has 1 aliphatic heterocycles. The van der Waals surface area contributed by atoms with E-state index in [1.165, 1.54) is 32.5 Å². The van der Waals surface area contributed by atoms with E-state index in [0.717, 1.165) is 6.04 Å². The lowest BCUT2D eigenvalue weighted by molar-refractivity contribution is 0.130. The number of likely N-dealkylation sites (N-methyl/N-ethyl adjacent to an activating group) is 1. The lowest BCUT2D eigenvalue weighted by Gasteiger charge is -2.39. The Morgan fingerprint density at radius 1 is 1.50 bits per heavy atom. The van der Waals surface area contributed by atoms with E-state index < -0.39 is 0 Å². The summed E-state index contributed by atoms with van der Waals surface area (Å²) in [7, 11) is 2.04. The molecule has 1 rings (SSSR count). The van der Waals surface area contributed by atoms with Crippen LogP contribution in [0.25, 0.3) is 0 Å². The van der Waals surface area contributed by atoms with E-state index in [2.05, 4.69) is 17.1 Å². The first kappa shape index (κ1) is 8.02. The Morgan fingerprint density at radius 2 is 2.20 bits per heavy atom. The van der Waals surface area contributed by atoms with Gasteiger partial charge in [0.05, 0.1) is 0 Å². The summed E-state index contributed by atoms with van der Waals surface area (Å²) in [5.41, 5.74) is 0. The smallest absolute Gasteiger partial charge is 0.0320 e. The molecule has 60 valence electrons. The third-order valence-corrected chi connectivity index (χ3v) is 2.19. The molecule has 0 radical (unpaired) electrons. The summed E-state index contributed by atoms with van der Waals surface area (Å²) in [5.74, 6) is 0. The quantitative estimate of drug-likeness (QED) is 0.621. The van der Waals surface area contributed by atoms with Crippen LogP contribution >= 0.6 is 0 Å². The van der Waals surface area contributed by atoms with Crippen LogP contribution < -0.4 is 5.32 Å². The molecule has 0 saturated carbocycles. The number of nitrogens with one attached hydrogen (secondary N) is 1. The van der Waals surface area contributed by atoms with Crippen LogP contribution in [0.3, 0.4) is 0 Å². The fourth-order valence-corrected chi connectivity index (χ4v) is 1.32. The minimum absolute atomic E-state index is 0.775. The molecule has 0 atom stereocenters. The summed E-state index contributed by atoms with van der Waals surface area (Å²) in [6, 6.07) is 0.775. The van der Waals surface area contributed by atoms with E-state index in [1.807, 2.05) is 7.05 Å². The third kappa shape index (κ3) is 1.96. The van der Waals surface area contributed by atoms with Crippen molar-refractivity contribution in [2.45, 2.75) is 25.8 Å². The second-order valence-corrected chi connectivity index (χ2v) is 3.10. The second kappa shape index (κ2) is 3.94. The zero-order valence-corrected chi connectivity index (χ0v) is 7.06. The number of rotatable bonds is 4. The minimum Gasteiger partial charge on any atom is -0.315 e. The van der Waals surface area contributed by atoms with Crippen molar-refractivity contribution in [2.75, 3.05) is 26.7 Å². The van der Waals surface area contributed by atoms with E-state index in [4.69, 9.17) is 0 Å². The lowest BCUT2D eigenvalue weighted by atomic mass is 10.1. The number of nitrogens with zero attached hydrogens (tertiary/aromatic N) is 1. The molecule has 0 aromatic rings. The molecule has 0 amide bonds. The molecule has 1 aliphatic rings. The van der Waals surface area contributed by atoms with Gasteiger partial charge in [-0.3, -0.25) is 0 Å². The van der Waals surface area contributed by atoms with Crippen LogP contribution in [-0.2, 0) is 0 Å². The highest BCUT2D eigenvalue weighted by atomic mass is 15.2. The molecule has 10 heavy (non-hydrogen) atoms. The van der Waals surface area contributed by atoms with Crippen molar-refractivity contribution < 1.29 is 0 Å². The van der Waals surface area contributed by atoms with Gasteiger partial charge in [-0.15, -0.1) is 0 Å². The monoisotopic (exact) mass is 142 g/mol. The molecule has 1 saturated heterocycles. The van der Waals surface area contributed by atoms with Crippen molar-refractivity contribution in [1.29, 1.82) is 0 Å². The fraction of sp³-hybridized carbons (Fsp3) is 1.00. The first-order valence-corrected chi connectivity index (χ1v) is 4.26. The van der Waals surface area contributed by atoms with Crippen LogP contribution in [0.1, 0.15) is 19.8 Å². The molecule has 1 fully saturated rings. The zero-order chi connectivity index (χ0) is 7.40. The Labute approximate surface area is 63.6 Å². The third-order valence-electron chi connectivity index (χ3n) is 2.19. The van der Waals surface area contributed by atoms with Gasteiger partial charge in [0, 0.05) is 19.1 Å². The van der Waals surface area contributed by atoms with E-state index in [0.29, 0.717) is 0 Å². The molecule has 1 N–H and O–H groups in total. The Balaban J connectivity index is 1.93. The Hall–Kier alpha value is -0.0800. The summed E-state index contributed by atoms with van der Waals surface area (Å²) >= 11 is 0. The molecule has 0 aromatic carbocycles. The largest absolute Gasteiger partial charge is 0.315 e. The predicted molar refractivity (Wildman–Crippen MR) is 44.2 cm³/mol. The van der Waals surface area contributed by atoms with E-state index >= 15 is 0 Å².